The number of ether oxygens (including phenoxy) is 2. The van der Waals surface area contributed by atoms with Gasteiger partial charge in [0, 0.05) is 24.0 Å². The van der Waals surface area contributed by atoms with E-state index in [-0.39, 0.29) is 24.3 Å². The number of hydrogen-bond acceptors (Lipinski definition) is 6. The topological polar surface area (TPSA) is 86.7 Å². The molecule has 2 aliphatic rings. The number of allylic oxidation sites excluding steroid dienone is 3. The van der Waals surface area contributed by atoms with E-state index in [1.807, 2.05) is 0 Å². The molecule has 3 aromatic rings. The molecule has 53 heavy (non-hydrogen) atoms. The summed E-state index contributed by atoms with van der Waals surface area (Å²) in [5.41, 5.74) is -17.9. The highest BCUT2D eigenvalue weighted by Crippen LogP contribution is 2.60. The minimum Gasteiger partial charge on any atom is -0.468 e. The van der Waals surface area contributed by atoms with Crippen LogP contribution in [0, 0.1) is 12.3 Å². The van der Waals surface area contributed by atoms with Gasteiger partial charge in [0.2, 0.25) is 9.84 Å². The molecule has 5 rings (SSSR count). The second kappa shape index (κ2) is 12.7. The van der Waals surface area contributed by atoms with Crippen molar-refractivity contribution >= 4 is 32.9 Å². The number of fused-ring (bicyclic) bond motifs is 3. The Kier molecular flexibility index (Phi) is 9.41. The SMILES string of the molecule is COC(=O)C1(C(=O)OC)CC2=C(c3cc(C(F)(F)F)cc(C(F)(F)F)c3)c3c(cc(C(F)(F)F)cc3C(F)(F)F)C2=C(S(=O)(=O)c2ccc(C)cc2)C1. The van der Waals surface area contributed by atoms with Crippen molar-refractivity contribution < 1.29 is 80.2 Å². The number of sulfone groups is 1. The summed E-state index contributed by atoms with van der Waals surface area (Å²) in [6.07, 6.45) is -25.1. The molecule has 0 N–H and O–H groups in total. The third-order valence-electron chi connectivity index (χ3n) is 8.80. The van der Waals surface area contributed by atoms with E-state index in [1.54, 1.807) is 0 Å². The summed E-state index contributed by atoms with van der Waals surface area (Å²) in [5.74, 6) is -3.18. The zero-order valence-electron chi connectivity index (χ0n) is 27.0. The second-order valence-electron chi connectivity index (χ2n) is 12.1. The number of aryl methyl sites for hydroxylation is 1. The molecule has 0 bridgehead atoms. The summed E-state index contributed by atoms with van der Waals surface area (Å²) in [7, 11) is -3.77. The zero-order valence-corrected chi connectivity index (χ0v) is 27.8. The van der Waals surface area contributed by atoms with Gasteiger partial charge < -0.3 is 9.47 Å². The molecule has 0 amide bonds. The Morgan fingerprint density at radius 1 is 0.642 bits per heavy atom. The predicted molar refractivity (Wildman–Crippen MR) is 160 cm³/mol. The third kappa shape index (κ3) is 6.78. The van der Waals surface area contributed by atoms with Crippen molar-refractivity contribution in [2.24, 2.45) is 5.41 Å². The molecule has 0 atom stereocenters. The van der Waals surface area contributed by atoms with Crippen molar-refractivity contribution in [2.45, 2.75) is 49.4 Å². The Labute approximate surface area is 291 Å². The van der Waals surface area contributed by atoms with Crippen LogP contribution in [0.3, 0.4) is 0 Å². The fourth-order valence-corrected chi connectivity index (χ4v) is 8.14. The maximum atomic E-state index is 14.8. The molecule has 0 heterocycles. The van der Waals surface area contributed by atoms with Crippen molar-refractivity contribution in [3.63, 3.8) is 0 Å². The molecule has 19 heteroatoms. The van der Waals surface area contributed by atoms with E-state index in [0.29, 0.717) is 19.8 Å². The molecule has 0 fully saturated rings. The Balaban J connectivity index is 2.12. The molecule has 3 aromatic carbocycles. The standard InChI is InChI=1S/C34H22F12O6S/c1-15-4-6-20(7-5-15)53(49,50)24-14-30(28(47)51-2,29(48)52-3)13-22-25(16-8-17(31(35,36)37)10-18(9-16)32(38,39)40)27-21(26(22)24)11-19(33(41,42)43)12-23(27)34(44,45)46/h4-12H,13-14H2,1-3H3. The average molecular weight is 787 g/mol. The number of benzene rings is 3. The van der Waals surface area contributed by atoms with Gasteiger partial charge in [-0.15, -0.1) is 0 Å². The van der Waals surface area contributed by atoms with Gasteiger partial charge in [0.05, 0.1) is 46.3 Å². The third-order valence-corrected chi connectivity index (χ3v) is 10.7. The van der Waals surface area contributed by atoms with Gasteiger partial charge in [-0.1, -0.05) is 17.7 Å². The summed E-state index contributed by atoms with van der Waals surface area (Å²) in [6, 6.07) is 3.73. The second-order valence-corrected chi connectivity index (χ2v) is 14.1. The number of alkyl halides is 12. The van der Waals surface area contributed by atoms with Gasteiger partial charge in [0.15, 0.2) is 5.41 Å². The van der Waals surface area contributed by atoms with Crippen molar-refractivity contribution in [2.75, 3.05) is 14.2 Å². The maximum Gasteiger partial charge on any atom is 0.417 e. The average Bonchev–Trinajstić information content (AvgIpc) is 3.38. The van der Waals surface area contributed by atoms with Gasteiger partial charge in [0.1, 0.15) is 0 Å². The Morgan fingerprint density at radius 3 is 1.55 bits per heavy atom. The maximum absolute atomic E-state index is 14.8. The van der Waals surface area contributed by atoms with E-state index >= 15 is 0 Å². The molecule has 0 aliphatic heterocycles. The molecule has 284 valence electrons. The number of carbonyl (C=O) groups is 2. The van der Waals surface area contributed by atoms with Crippen LogP contribution in [0.15, 0.2) is 70.0 Å². The highest BCUT2D eigenvalue weighted by atomic mass is 32.2. The van der Waals surface area contributed by atoms with Crippen LogP contribution in [0.2, 0.25) is 0 Å². The van der Waals surface area contributed by atoms with Gasteiger partial charge in [-0.2, -0.15) is 52.7 Å². The summed E-state index contributed by atoms with van der Waals surface area (Å²) in [4.78, 5) is 25.1. The van der Waals surface area contributed by atoms with Crippen LogP contribution < -0.4 is 0 Å². The Bertz CT molecular complexity index is 2160. The van der Waals surface area contributed by atoms with Gasteiger partial charge in [-0.05, 0) is 71.7 Å². The predicted octanol–water partition coefficient (Wildman–Crippen LogP) is 9.20. The number of esters is 2. The Hall–Kier alpha value is -4.81. The largest absolute Gasteiger partial charge is 0.468 e. The number of methoxy groups -OCH3 is 2. The van der Waals surface area contributed by atoms with Crippen molar-refractivity contribution in [3.05, 3.63) is 110 Å². The van der Waals surface area contributed by atoms with E-state index < -0.39 is 136 Å². The van der Waals surface area contributed by atoms with Crippen molar-refractivity contribution in [1.82, 2.24) is 0 Å². The quantitative estimate of drug-likeness (QED) is 0.146. The molecular formula is C34H22F12O6S. The van der Waals surface area contributed by atoms with Gasteiger partial charge in [0.25, 0.3) is 0 Å². The minimum absolute atomic E-state index is 0.0111. The van der Waals surface area contributed by atoms with Gasteiger partial charge in [-0.3, -0.25) is 9.59 Å². The smallest absolute Gasteiger partial charge is 0.417 e. The lowest BCUT2D eigenvalue weighted by molar-refractivity contribution is -0.169. The summed E-state index contributed by atoms with van der Waals surface area (Å²) in [6.45, 7) is 1.53. The first-order valence-corrected chi connectivity index (χ1v) is 16.2. The summed E-state index contributed by atoms with van der Waals surface area (Å²) < 4.78 is 210. The van der Waals surface area contributed by atoms with Crippen LogP contribution in [0.4, 0.5) is 52.7 Å². The van der Waals surface area contributed by atoms with E-state index in [2.05, 4.69) is 0 Å². The van der Waals surface area contributed by atoms with Crippen LogP contribution in [0.25, 0.3) is 11.1 Å². The number of carbonyl (C=O) groups excluding carboxylic acids is 2. The first-order valence-electron chi connectivity index (χ1n) is 14.8. The fraction of sp³-hybridized carbons (Fsp3) is 0.294. The van der Waals surface area contributed by atoms with Gasteiger partial charge in [-0.25, -0.2) is 8.42 Å². The number of rotatable bonds is 5. The lowest BCUT2D eigenvalue weighted by Gasteiger charge is -2.35. The van der Waals surface area contributed by atoms with Gasteiger partial charge >= 0.3 is 36.6 Å². The zero-order chi connectivity index (χ0) is 39.9. The molecule has 0 aromatic heterocycles. The van der Waals surface area contributed by atoms with Crippen LogP contribution >= 0.6 is 0 Å². The summed E-state index contributed by atoms with van der Waals surface area (Å²) in [5, 5.41) is 0. The van der Waals surface area contributed by atoms with Crippen LogP contribution in [0.5, 0.6) is 0 Å². The number of halogens is 12. The lowest BCUT2D eigenvalue weighted by Crippen LogP contribution is -2.44. The normalized spacial score (nSPS) is 16.4. The van der Waals surface area contributed by atoms with E-state index in [1.165, 1.54) is 19.1 Å². The molecule has 0 saturated carbocycles. The molecule has 0 spiro atoms. The molecular weight excluding hydrogens is 764 g/mol. The lowest BCUT2D eigenvalue weighted by atomic mass is 9.71. The molecule has 2 aliphatic carbocycles. The monoisotopic (exact) mass is 786 g/mol. The van der Waals surface area contributed by atoms with Crippen LogP contribution in [-0.4, -0.2) is 34.6 Å². The minimum atomic E-state index is -5.81. The first-order chi connectivity index (χ1) is 24.2. The van der Waals surface area contributed by atoms with E-state index in [9.17, 15) is 70.7 Å². The summed E-state index contributed by atoms with van der Waals surface area (Å²) >= 11 is 0. The molecule has 0 radical (unpaired) electrons. The van der Waals surface area contributed by atoms with E-state index in [0.717, 1.165) is 12.1 Å². The van der Waals surface area contributed by atoms with Crippen molar-refractivity contribution in [1.29, 1.82) is 0 Å². The highest BCUT2D eigenvalue weighted by Gasteiger charge is 2.57. The fourth-order valence-electron chi connectivity index (χ4n) is 6.43. The van der Waals surface area contributed by atoms with Crippen LogP contribution in [0.1, 0.15) is 57.3 Å². The Morgan fingerprint density at radius 2 is 1.11 bits per heavy atom. The van der Waals surface area contributed by atoms with Crippen molar-refractivity contribution in [3.8, 4) is 0 Å². The first kappa shape index (κ1) is 39.4. The molecule has 0 saturated heterocycles. The molecule has 6 nitrogen and oxygen atoms in total. The molecule has 0 unspecified atom stereocenters. The van der Waals surface area contributed by atoms with Crippen LogP contribution in [-0.2, 0) is 53.6 Å². The highest BCUT2D eigenvalue weighted by molar-refractivity contribution is 7.95. The van der Waals surface area contributed by atoms with E-state index in [4.69, 9.17) is 9.47 Å². The number of hydrogen-bond donors (Lipinski definition) is 0.